The Morgan fingerprint density at radius 1 is 1.24 bits per heavy atom. The largest absolute Gasteiger partial charge is 0.330 e. The molecular weight excluding hydrogens is 208 g/mol. The van der Waals surface area contributed by atoms with Gasteiger partial charge in [-0.05, 0) is 75.4 Å². The molecule has 0 aromatic carbocycles. The van der Waals surface area contributed by atoms with Crippen molar-refractivity contribution in [1.29, 1.82) is 0 Å². The molecular formula is C15H30N2. The maximum absolute atomic E-state index is 5.73. The maximum Gasteiger partial charge on any atom is 0.00385 e. The van der Waals surface area contributed by atoms with E-state index in [9.17, 15) is 0 Å². The third kappa shape index (κ3) is 3.69. The Kier molecular flexibility index (Phi) is 4.48. The van der Waals surface area contributed by atoms with Gasteiger partial charge in [-0.2, -0.15) is 0 Å². The third-order valence-electron chi connectivity index (χ3n) is 5.00. The summed E-state index contributed by atoms with van der Waals surface area (Å²) in [5.41, 5.74) is 6.37. The fourth-order valence-electron chi connectivity index (χ4n) is 3.45. The lowest BCUT2D eigenvalue weighted by molar-refractivity contribution is 0.215. The second kappa shape index (κ2) is 5.71. The highest BCUT2D eigenvalue weighted by atomic mass is 15.1. The molecule has 0 amide bonds. The molecule has 2 N–H and O–H groups in total. The monoisotopic (exact) mass is 238 g/mol. The van der Waals surface area contributed by atoms with Gasteiger partial charge in [-0.3, -0.25) is 0 Å². The number of hydrogen-bond acceptors (Lipinski definition) is 2. The van der Waals surface area contributed by atoms with Crippen molar-refractivity contribution in [2.75, 3.05) is 26.2 Å². The summed E-state index contributed by atoms with van der Waals surface area (Å²) in [5, 5.41) is 0. The molecule has 0 bridgehead atoms. The van der Waals surface area contributed by atoms with E-state index < -0.39 is 0 Å². The number of nitrogens with zero attached hydrogens (tertiary/aromatic N) is 1. The van der Waals surface area contributed by atoms with E-state index in [1.54, 1.807) is 0 Å². The highest BCUT2D eigenvalue weighted by Gasteiger charge is 2.42. The first-order chi connectivity index (χ1) is 8.15. The summed E-state index contributed by atoms with van der Waals surface area (Å²) in [5.74, 6) is 1.83. The zero-order chi connectivity index (χ0) is 12.3. The van der Waals surface area contributed by atoms with Gasteiger partial charge in [0.15, 0.2) is 0 Å². The average Bonchev–Trinajstić information content (AvgIpc) is 3.04. The lowest BCUT2D eigenvalue weighted by Gasteiger charge is -2.26. The maximum atomic E-state index is 5.73. The summed E-state index contributed by atoms with van der Waals surface area (Å²) < 4.78 is 0. The van der Waals surface area contributed by atoms with E-state index in [0.29, 0.717) is 5.41 Å². The van der Waals surface area contributed by atoms with Crippen molar-refractivity contribution in [2.45, 2.75) is 52.4 Å². The molecule has 1 aliphatic heterocycles. The molecule has 2 aliphatic rings. The molecule has 1 heterocycles. The second-order valence-corrected chi connectivity index (χ2v) is 6.75. The van der Waals surface area contributed by atoms with Crippen molar-refractivity contribution < 1.29 is 0 Å². The molecule has 1 unspecified atom stereocenters. The van der Waals surface area contributed by atoms with E-state index in [2.05, 4.69) is 18.7 Å². The normalized spacial score (nSPS) is 29.3. The fraction of sp³-hybridized carbons (Fsp3) is 1.00. The minimum Gasteiger partial charge on any atom is -0.330 e. The van der Waals surface area contributed by atoms with E-state index in [4.69, 9.17) is 5.73 Å². The van der Waals surface area contributed by atoms with Gasteiger partial charge < -0.3 is 10.6 Å². The van der Waals surface area contributed by atoms with Gasteiger partial charge in [-0.15, -0.1) is 0 Å². The Labute approximate surface area is 107 Å². The van der Waals surface area contributed by atoms with Crippen LogP contribution in [0, 0.1) is 17.3 Å². The van der Waals surface area contributed by atoms with Crippen molar-refractivity contribution in [3.8, 4) is 0 Å². The van der Waals surface area contributed by atoms with Crippen LogP contribution in [0.15, 0.2) is 0 Å². The van der Waals surface area contributed by atoms with Crippen molar-refractivity contribution >= 4 is 0 Å². The Bertz CT molecular complexity index is 233. The average molecular weight is 238 g/mol. The fourth-order valence-corrected chi connectivity index (χ4v) is 3.45. The predicted octanol–water partition coefficient (Wildman–Crippen LogP) is 2.87. The van der Waals surface area contributed by atoms with Crippen LogP contribution in [-0.4, -0.2) is 31.1 Å². The Hall–Kier alpha value is -0.0800. The molecule has 2 fully saturated rings. The minimum atomic E-state index is 0.631. The van der Waals surface area contributed by atoms with Crippen LogP contribution in [0.2, 0.25) is 0 Å². The van der Waals surface area contributed by atoms with E-state index >= 15 is 0 Å². The Balaban J connectivity index is 1.79. The van der Waals surface area contributed by atoms with Gasteiger partial charge in [0.25, 0.3) is 0 Å². The number of likely N-dealkylation sites (tertiary alicyclic amines) is 1. The molecule has 1 saturated heterocycles. The molecule has 1 atom stereocenters. The number of rotatable bonds is 5. The molecule has 100 valence electrons. The smallest absolute Gasteiger partial charge is 0.00385 e. The zero-order valence-electron chi connectivity index (χ0n) is 11.8. The lowest BCUT2D eigenvalue weighted by Crippen LogP contribution is -2.32. The van der Waals surface area contributed by atoms with E-state index in [-0.39, 0.29) is 0 Å². The SMILES string of the molecule is CC(C)C1CCCN(CC2(CCN)CC2)CC1. The van der Waals surface area contributed by atoms with Crippen molar-refractivity contribution in [1.82, 2.24) is 4.90 Å². The molecule has 0 spiro atoms. The summed E-state index contributed by atoms with van der Waals surface area (Å²) in [6.07, 6.45) is 8.36. The van der Waals surface area contributed by atoms with Crippen LogP contribution in [0.5, 0.6) is 0 Å². The van der Waals surface area contributed by atoms with Crippen molar-refractivity contribution in [2.24, 2.45) is 23.0 Å². The first-order valence-corrected chi connectivity index (χ1v) is 7.58. The molecule has 0 aromatic rings. The van der Waals surface area contributed by atoms with Gasteiger partial charge in [0.2, 0.25) is 0 Å². The summed E-state index contributed by atoms with van der Waals surface area (Å²) in [7, 11) is 0. The van der Waals surface area contributed by atoms with Crippen LogP contribution in [0.3, 0.4) is 0 Å². The van der Waals surface area contributed by atoms with Gasteiger partial charge in [0.1, 0.15) is 0 Å². The highest BCUT2D eigenvalue weighted by Crippen LogP contribution is 2.49. The standard InChI is InChI=1S/C15H30N2/c1-13(2)14-4-3-10-17(11-5-14)12-15(6-7-15)8-9-16/h13-14H,3-12,16H2,1-2H3. The molecule has 1 saturated carbocycles. The summed E-state index contributed by atoms with van der Waals surface area (Å²) in [6.45, 7) is 9.64. The van der Waals surface area contributed by atoms with Crippen LogP contribution in [0.1, 0.15) is 52.4 Å². The quantitative estimate of drug-likeness (QED) is 0.798. The number of nitrogens with two attached hydrogens (primary N) is 1. The third-order valence-corrected chi connectivity index (χ3v) is 5.00. The van der Waals surface area contributed by atoms with Gasteiger partial charge >= 0.3 is 0 Å². The molecule has 2 heteroatoms. The molecule has 17 heavy (non-hydrogen) atoms. The Morgan fingerprint density at radius 3 is 2.59 bits per heavy atom. The zero-order valence-corrected chi connectivity index (χ0v) is 11.8. The van der Waals surface area contributed by atoms with Crippen molar-refractivity contribution in [3.05, 3.63) is 0 Å². The van der Waals surface area contributed by atoms with E-state index in [1.165, 1.54) is 58.2 Å². The molecule has 2 nitrogen and oxygen atoms in total. The van der Waals surface area contributed by atoms with Crippen molar-refractivity contribution in [3.63, 3.8) is 0 Å². The van der Waals surface area contributed by atoms with E-state index in [1.807, 2.05) is 0 Å². The highest BCUT2D eigenvalue weighted by molar-refractivity contribution is 4.96. The van der Waals surface area contributed by atoms with Crippen LogP contribution in [-0.2, 0) is 0 Å². The van der Waals surface area contributed by atoms with Gasteiger partial charge in [-0.25, -0.2) is 0 Å². The van der Waals surface area contributed by atoms with Crippen LogP contribution in [0.4, 0.5) is 0 Å². The predicted molar refractivity (Wildman–Crippen MR) is 74.0 cm³/mol. The molecule has 0 aromatic heterocycles. The molecule has 1 aliphatic carbocycles. The first kappa shape index (κ1) is 13.4. The summed E-state index contributed by atoms with van der Waals surface area (Å²) in [4.78, 5) is 2.73. The second-order valence-electron chi connectivity index (χ2n) is 6.75. The lowest BCUT2D eigenvalue weighted by atomic mass is 9.89. The topological polar surface area (TPSA) is 29.3 Å². The van der Waals surface area contributed by atoms with Crippen LogP contribution >= 0.6 is 0 Å². The number of hydrogen-bond donors (Lipinski definition) is 1. The summed E-state index contributed by atoms with van der Waals surface area (Å²) in [6, 6.07) is 0. The van der Waals surface area contributed by atoms with Gasteiger partial charge in [0, 0.05) is 6.54 Å². The van der Waals surface area contributed by atoms with E-state index in [0.717, 1.165) is 18.4 Å². The molecule has 2 rings (SSSR count). The minimum absolute atomic E-state index is 0.631. The Morgan fingerprint density at radius 2 is 2.00 bits per heavy atom. The van der Waals surface area contributed by atoms with Crippen LogP contribution in [0.25, 0.3) is 0 Å². The van der Waals surface area contributed by atoms with Gasteiger partial charge in [0.05, 0.1) is 0 Å². The van der Waals surface area contributed by atoms with Gasteiger partial charge in [-0.1, -0.05) is 13.8 Å². The first-order valence-electron chi connectivity index (χ1n) is 7.58. The van der Waals surface area contributed by atoms with Crippen LogP contribution < -0.4 is 5.73 Å². The molecule has 0 radical (unpaired) electrons. The summed E-state index contributed by atoms with van der Waals surface area (Å²) >= 11 is 0.